The maximum atomic E-state index is 13.5. The SMILES string of the molecule is COCCOC(=O)C1=C(C)NC(C)=C(C(=O)OC(F)C(F)F)C1c1cccc([N+](=O)[O-])c1. The maximum Gasteiger partial charge on any atom is 0.339 e. The number of ether oxygens (including phenoxy) is 3. The lowest BCUT2D eigenvalue weighted by molar-refractivity contribution is -0.384. The van der Waals surface area contributed by atoms with E-state index in [1.807, 2.05) is 0 Å². The van der Waals surface area contributed by atoms with Gasteiger partial charge < -0.3 is 19.5 Å². The van der Waals surface area contributed by atoms with Gasteiger partial charge in [0.2, 0.25) is 0 Å². The van der Waals surface area contributed by atoms with E-state index < -0.39 is 35.6 Å². The first-order chi connectivity index (χ1) is 15.1. The molecule has 32 heavy (non-hydrogen) atoms. The fourth-order valence-corrected chi connectivity index (χ4v) is 3.20. The predicted octanol–water partition coefficient (Wildman–Crippen LogP) is 3.12. The van der Waals surface area contributed by atoms with E-state index in [1.54, 1.807) is 0 Å². The van der Waals surface area contributed by atoms with Crippen LogP contribution in [-0.2, 0) is 23.8 Å². The summed E-state index contributed by atoms with van der Waals surface area (Å²) < 4.78 is 52.8. The van der Waals surface area contributed by atoms with Crippen LogP contribution in [-0.4, -0.2) is 50.0 Å². The van der Waals surface area contributed by atoms with Crippen LogP contribution in [0.25, 0.3) is 0 Å². The van der Waals surface area contributed by atoms with Crippen molar-refractivity contribution in [3.05, 3.63) is 62.5 Å². The van der Waals surface area contributed by atoms with Crippen molar-refractivity contribution in [2.45, 2.75) is 32.5 Å². The number of benzene rings is 1. The van der Waals surface area contributed by atoms with Gasteiger partial charge in [-0.15, -0.1) is 0 Å². The number of rotatable bonds is 9. The van der Waals surface area contributed by atoms with Crippen LogP contribution >= 0.6 is 0 Å². The van der Waals surface area contributed by atoms with Crippen molar-refractivity contribution >= 4 is 17.6 Å². The minimum atomic E-state index is -3.58. The third-order valence-electron chi connectivity index (χ3n) is 4.55. The molecule has 1 aliphatic rings. The fraction of sp³-hybridized carbons (Fsp3) is 0.400. The highest BCUT2D eigenvalue weighted by Gasteiger charge is 2.40. The van der Waals surface area contributed by atoms with E-state index in [-0.39, 0.29) is 47.0 Å². The number of hydrogen-bond acceptors (Lipinski definition) is 8. The summed E-state index contributed by atoms with van der Waals surface area (Å²) in [6, 6.07) is 5.04. The van der Waals surface area contributed by atoms with Gasteiger partial charge >= 0.3 is 24.7 Å². The van der Waals surface area contributed by atoms with Crippen molar-refractivity contribution in [1.82, 2.24) is 5.32 Å². The molecule has 2 atom stereocenters. The van der Waals surface area contributed by atoms with Crippen molar-refractivity contribution in [2.24, 2.45) is 0 Å². The largest absolute Gasteiger partial charge is 0.460 e. The Morgan fingerprint density at radius 3 is 2.31 bits per heavy atom. The number of halogens is 3. The van der Waals surface area contributed by atoms with Gasteiger partial charge in [-0.2, -0.15) is 4.39 Å². The molecule has 0 fully saturated rings. The number of hydrogen-bond donors (Lipinski definition) is 1. The van der Waals surface area contributed by atoms with Crippen LogP contribution in [0.15, 0.2) is 46.8 Å². The van der Waals surface area contributed by atoms with E-state index in [1.165, 1.54) is 39.2 Å². The number of carbonyl (C=O) groups excluding carboxylic acids is 2. The summed E-state index contributed by atoms with van der Waals surface area (Å²) >= 11 is 0. The molecule has 0 aliphatic carbocycles. The molecular formula is C20H21F3N2O7. The Morgan fingerprint density at radius 2 is 1.75 bits per heavy atom. The Morgan fingerprint density at radius 1 is 1.12 bits per heavy atom. The lowest BCUT2D eigenvalue weighted by Crippen LogP contribution is -2.34. The number of nitro groups is 1. The molecule has 2 unspecified atom stereocenters. The minimum Gasteiger partial charge on any atom is -0.460 e. The number of methoxy groups -OCH3 is 1. The number of nitrogens with one attached hydrogen (secondary N) is 1. The average molecular weight is 458 g/mol. The van der Waals surface area contributed by atoms with Crippen molar-refractivity contribution in [2.75, 3.05) is 20.3 Å². The molecule has 0 bridgehead atoms. The van der Waals surface area contributed by atoms with Crippen LogP contribution in [0.3, 0.4) is 0 Å². The first kappa shape index (κ1) is 24.9. The van der Waals surface area contributed by atoms with E-state index in [9.17, 15) is 32.9 Å². The molecule has 0 saturated carbocycles. The third kappa shape index (κ3) is 5.63. The molecule has 1 aromatic rings. The molecule has 0 amide bonds. The quantitative estimate of drug-likeness (QED) is 0.260. The molecule has 1 aliphatic heterocycles. The molecule has 12 heteroatoms. The van der Waals surface area contributed by atoms with Crippen LogP contribution in [0.4, 0.5) is 18.9 Å². The smallest absolute Gasteiger partial charge is 0.339 e. The summed E-state index contributed by atoms with van der Waals surface area (Å²) in [7, 11) is 1.39. The standard InChI is InChI=1S/C20H21F3N2O7/c1-10-14(19(26)31-8-7-30-3)16(12-5-4-6-13(9-12)25(28)29)15(11(2)24-10)20(27)32-18(23)17(21)22/h4-6,9,16-18,24H,7-8H2,1-3H3. The second-order valence-corrected chi connectivity index (χ2v) is 6.71. The number of alkyl halides is 3. The van der Waals surface area contributed by atoms with Gasteiger partial charge in [0.1, 0.15) is 6.61 Å². The Labute approximate surface area is 181 Å². The van der Waals surface area contributed by atoms with E-state index in [0.717, 1.165) is 6.07 Å². The molecule has 1 aromatic carbocycles. The Hall–Kier alpha value is -3.41. The second kappa shape index (κ2) is 10.8. The molecule has 1 N–H and O–H groups in total. The summed E-state index contributed by atoms with van der Waals surface area (Å²) in [5.41, 5.74) is -0.364. The Balaban J connectivity index is 2.59. The lowest BCUT2D eigenvalue weighted by atomic mass is 9.80. The maximum absolute atomic E-state index is 13.5. The van der Waals surface area contributed by atoms with E-state index >= 15 is 0 Å². The fourth-order valence-electron chi connectivity index (χ4n) is 3.20. The van der Waals surface area contributed by atoms with E-state index in [0.29, 0.717) is 0 Å². The number of esters is 2. The lowest BCUT2D eigenvalue weighted by Gasteiger charge is -2.30. The van der Waals surface area contributed by atoms with Gasteiger partial charge in [0.15, 0.2) is 0 Å². The van der Waals surface area contributed by atoms with Crippen LogP contribution in [0.5, 0.6) is 0 Å². The van der Waals surface area contributed by atoms with Crippen LogP contribution in [0.1, 0.15) is 25.3 Å². The number of non-ortho nitro benzene ring substituents is 1. The van der Waals surface area contributed by atoms with Crippen molar-refractivity contribution in [3.8, 4) is 0 Å². The van der Waals surface area contributed by atoms with Crippen molar-refractivity contribution in [3.63, 3.8) is 0 Å². The molecule has 9 nitrogen and oxygen atoms in total. The Bertz CT molecular complexity index is 962. The second-order valence-electron chi connectivity index (χ2n) is 6.71. The number of carbonyl (C=O) groups is 2. The van der Waals surface area contributed by atoms with Crippen LogP contribution in [0.2, 0.25) is 0 Å². The van der Waals surface area contributed by atoms with Crippen LogP contribution < -0.4 is 5.32 Å². The van der Waals surface area contributed by atoms with E-state index in [2.05, 4.69) is 10.1 Å². The first-order valence-corrected chi connectivity index (χ1v) is 9.30. The van der Waals surface area contributed by atoms with Gasteiger partial charge in [-0.3, -0.25) is 10.1 Å². The predicted molar refractivity (Wildman–Crippen MR) is 104 cm³/mol. The zero-order chi connectivity index (χ0) is 24.0. The highest BCUT2D eigenvalue weighted by atomic mass is 19.3. The highest BCUT2D eigenvalue weighted by Crippen LogP contribution is 2.40. The molecule has 174 valence electrons. The molecule has 0 saturated heterocycles. The van der Waals surface area contributed by atoms with Gasteiger partial charge in [0.05, 0.1) is 28.6 Å². The molecular weight excluding hydrogens is 437 g/mol. The van der Waals surface area contributed by atoms with Gasteiger partial charge in [-0.25, -0.2) is 18.4 Å². The normalized spacial score (nSPS) is 17.2. The summed E-state index contributed by atoms with van der Waals surface area (Å²) in [6.07, 6.45) is -6.78. The number of allylic oxidation sites excluding steroid dienone is 2. The molecule has 0 aromatic heterocycles. The van der Waals surface area contributed by atoms with Crippen molar-refractivity contribution < 1.29 is 41.9 Å². The Kier molecular flexibility index (Phi) is 8.35. The molecule has 0 radical (unpaired) electrons. The summed E-state index contributed by atoms with van der Waals surface area (Å²) in [6.45, 7) is 2.84. The van der Waals surface area contributed by atoms with Gasteiger partial charge in [-0.05, 0) is 19.4 Å². The highest BCUT2D eigenvalue weighted by molar-refractivity contribution is 6.00. The minimum absolute atomic E-state index is 0.0780. The third-order valence-corrected chi connectivity index (χ3v) is 4.55. The van der Waals surface area contributed by atoms with Gasteiger partial charge in [0, 0.05) is 30.6 Å². The zero-order valence-corrected chi connectivity index (χ0v) is 17.4. The first-order valence-electron chi connectivity index (χ1n) is 9.30. The topological polar surface area (TPSA) is 117 Å². The van der Waals surface area contributed by atoms with Crippen LogP contribution in [0, 0.1) is 10.1 Å². The summed E-state index contributed by atoms with van der Waals surface area (Å²) in [5, 5.41) is 14.0. The van der Waals surface area contributed by atoms with Gasteiger partial charge in [0.25, 0.3) is 5.69 Å². The van der Waals surface area contributed by atoms with Gasteiger partial charge in [-0.1, -0.05) is 12.1 Å². The number of nitrogens with zero attached hydrogens (tertiary/aromatic N) is 1. The molecule has 1 heterocycles. The van der Waals surface area contributed by atoms with Crippen molar-refractivity contribution in [1.29, 1.82) is 0 Å². The monoisotopic (exact) mass is 458 g/mol. The summed E-state index contributed by atoms with van der Waals surface area (Å²) in [4.78, 5) is 36.0. The molecule has 0 spiro atoms. The number of nitro benzene ring substituents is 1. The number of dihydropyridines is 1. The zero-order valence-electron chi connectivity index (χ0n) is 17.4. The summed E-state index contributed by atoms with van der Waals surface area (Å²) in [5.74, 6) is -3.63. The molecule has 2 rings (SSSR count). The van der Waals surface area contributed by atoms with E-state index in [4.69, 9.17) is 9.47 Å². The average Bonchev–Trinajstić information content (AvgIpc) is 2.73.